The van der Waals surface area contributed by atoms with E-state index in [9.17, 15) is 29.6 Å². The molecule has 0 saturated carbocycles. The number of hydrogen-bond donors (Lipinski definition) is 1. The highest BCUT2D eigenvalue weighted by Crippen LogP contribution is 2.36. The molecule has 2 aromatic carbocycles. The van der Waals surface area contributed by atoms with E-state index >= 15 is 0 Å². The third kappa shape index (κ3) is 6.02. The summed E-state index contributed by atoms with van der Waals surface area (Å²) in [5.74, 6) is -1.22. The zero-order valence-corrected chi connectivity index (χ0v) is 23.9. The number of carbonyl (C=O) groups is 2. The van der Waals surface area contributed by atoms with Crippen LogP contribution >= 0.6 is 11.3 Å². The molecule has 0 spiro atoms. The molecule has 1 atom stereocenters. The predicted molar refractivity (Wildman–Crippen MR) is 150 cm³/mol. The quantitative estimate of drug-likeness (QED) is 0.208. The van der Waals surface area contributed by atoms with E-state index in [0.717, 1.165) is 17.4 Å². The van der Waals surface area contributed by atoms with Crippen molar-refractivity contribution in [2.45, 2.75) is 26.8 Å². The first-order valence-corrected chi connectivity index (χ1v) is 13.5. The number of thiazole rings is 1. The number of benzene rings is 2. The Morgan fingerprint density at radius 2 is 1.90 bits per heavy atom. The van der Waals surface area contributed by atoms with Crippen LogP contribution in [0.3, 0.4) is 0 Å². The number of phenolic OH excluding ortho intramolecular Hbond substituents is 1. The second-order valence-corrected chi connectivity index (χ2v) is 9.82. The topological polar surface area (TPSA) is 169 Å². The number of carbonyl (C=O) groups excluding carboxylic acids is 2. The number of aromatic hydroxyl groups is 1. The first-order chi connectivity index (χ1) is 20.1. The van der Waals surface area contributed by atoms with Gasteiger partial charge >= 0.3 is 17.6 Å². The molecule has 0 radical (unpaired) electrons. The Morgan fingerprint density at radius 1 is 1.14 bits per heavy atom. The number of aromatic nitrogens is 1. The molecule has 4 rings (SSSR count). The van der Waals surface area contributed by atoms with Crippen LogP contribution in [0.4, 0.5) is 5.69 Å². The SMILES string of the molecule is CCOC(=O)C1=C(C)N=c2s/c(=C\c3ccc(O)c([N+](=O)[O-])c3)c(=O)n2[C@H]1c1ccc(OCC(=O)OC)c(OCC)c1. The van der Waals surface area contributed by atoms with Crippen LogP contribution in [-0.2, 0) is 19.1 Å². The molecule has 0 fully saturated rings. The summed E-state index contributed by atoms with van der Waals surface area (Å²) in [5, 5.41) is 21.1. The summed E-state index contributed by atoms with van der Waals surface area (Å²) < 4.78 is 22.8. The highest BCUT2D eigenvalue weighted by atomic mass is 32.1. The molecule has 2 heterocycles. The molecule has 1 N–H and O–H groups in total. The van der Waals surface area contributed by atoms with Crippen molar-refractivity contribution >= 4 is 35.0 Å². The lowest BCUT2D eigenvalue weighted by Crippen LogP contribution is -2.40. The van der Waals surface area contributed by atoms with Crippen molar-refractivity contribution in [2.24, 2.45) is 4.99 Å². The Hall–Kier alpha value is -4.98. The summed E-state index contributed by atoms with van der Waals surface area (Å²) in [7, 11) is 1.24. The van der Waals surface area contributed by atoms with E-state index in [4.69, 9.17) is 14.2 Å². The number of fused-ring (bicyclic) bond motifs is 1. The highest BCUT2D eigenvalue weighted by molar-refractivity contribution is 7.07. The summed E-state index contributed by atoms with van der Waals surface area (Å²) in [5.41, 5.74) is 0.269. The van der Waals surface area contributed by atoms with Crippen molar-refractivity contribution in [1.29, 1.82) is 0 Å². The van der Waals surface area contributed by atoms with E-state index in [1.54, 1.807) is 39.0 Å². The lowest BCUT2D eigenvalue weighted by molar-refractivity contribution is -0.385. The summed E-state index contributed by atoms with van der Waals surface area (Å²) in [6.07, 6.45) is 1.45. The molecule has 14 heteroatoms. The molecular formula is C28H27N3O10S. The van der Waals surface area contributed by atoms with E-state index in [0.29, 0.717) is 21.6 Å². The van der Waals surface area contributed by atoms with Gasteiger partial charge in [-0.05, 0) is 56.2 Å². The third-order valence-corrected chi connectivity index (χ3v) is 7.15. The number of ether oxygens (including phenoxy) is 4. The Morgan fingerprint density at radius 3 is 2.57 bits per heavy atom. The number of methoxy groups -OCH3 is 1. The Bertz CT molecular complexity index is 1770. The normalized spacial score (nSPS) is 14.6. The number of esters is 2. The van der Waals surface area contributed by atoms with Gasteiger partial charge in [-0.25, -0.2) is 14.6 Å². The molecule has 220 valence electrons. The third-order valence-electron chi connectivity index (χ3n) is 6.17. The first kappa shape index (κ1) is 30.0. The van der Waals surface area contributed by atoms with Gasteiger partial charge in [0, 0.05) is 6.07 Å². The van der Waals surface area contributed by atoms with E-state index < -0.39 is 39.9 Å². The molecular weight excluding hydrogens is 570 g/mol. The first-order valence-electron chi connectivity index (χ1n) is 12.7. The van der Waals surface area contributed by atoms with Gasteiger partial charge in [0.25, 0.3) is 5.56 Å². The maximum absolute atomic E-state index is 13.8. The summed E-state index contributed by atoms with van der Waals surface area (Å²) >= 11 is 1.04. The fourth-order valence-corrected chi connectivity index (χ4v) is 5.36. The summed E-state index contributed by atoms with van der Waals surface area (Å²) in [6.45, 7) is 5.07. The van der Waals surface area contributed by atoms with Crippen LogP contribution in [0.15, 0.2) is 57.5 Å². The maximum atomic E-state index is 13.8. The van der Waals surface area contributed by atoms with Gasteiger partial charge in [0.2, 0.25) is 0 Å². The minimum Gasteiger partial charge on any atom is -0.502 e. The number of allylic oxidation sites excluding steroid dienone is 1. The fraction of sp³-hybridized carbons (Fsp3) is 0.286. The average Bonchev–Trinajstić information content (AvgIpc) is 3.26. The van der Waals surface area contributed by atoms with Gasteiger partial charge < -0.3 is 24.1 Å². The van der Waals surface area contributed by atoms with Crippen molar-refractivity contribution in [3.63, 3.8) is 0 Å². The molecule has 0 bridgehead atoms. The largest absolute Gasteiger partial charge is 0.502 e. The van der Waals surface area contributed by atoms with Crippen LogP contribution in [0.5, 0.6) is 17.2 Å². The molecule has 1 aromatic heterocycles. The van der Waals surface area contributed by atoms with Gasteiger partial charge in [-0.15, -0.1) is 0 Å². The number of nitrogens with zero attached hydrogens (tertiary/aromatic N) is 3. The van der Waals surface area contributed by atoms with Crippen LogP contribution in [0.2, 0.25) is 0 Å². The molecule has 0 unspecified atom stereocenters. The Kier molecular flexibility index (Phi) is 9.06. The Balaban J connectivity index is 1.91. The van der Waals surface area contributed by atoms with E-state index in [2.05, 4.69) is 9.73 Å². The molecule has 42 heavy (non-hydrogen) atoms. The average molecular weight is 598 g/mol. The lowest BCUT2D eigenvalue weighted by atomic mass is 9.95. The standard InChI is InChI=1S/C28H27N3O10S/c1-5-39-21-13-17(8-10-20(21)41-14-23(33)38-4)25-24(27(35)40-6-2)15(3)29-28-30(25)26(34)22(42-28)12-16-7-9-19(32)18(11-16)31(36)37/h7-13,25,32H,5-6,14H2,1-4H3/b22-12-/t25-/m0/s1. The molecule has 1 aliphatic heterocycles. The van der Waals surface area contributed by atoms with E-state index in [1.165, 1.54) is 29.9 Å². The molecule has 3 aromatic rings. The number of nitro groups is 1. The van der Waals surface area contributed by atoms with Gasteiger partial charge in [0.15, 0.2) is 28.7 Å². The van der Waals surface area contributed by atoms with Crippen molar-refractivity contribution in [2.75, 3.05) is 26.9 Å². The van der Waals surface area contributed by atoms with Crippen LogP contribution in [0.1, 0.15) is 37.9 Å². The van der Waals surface area contributed by atoms with E-state index in [-0.39, 0.29) is 41.4 Å². The van der Waals surface area contributed by atoms with Crippen molar-refractivity contribution in [3.05, 3.63) is 88.6 Å². The second kappa shape index (κ2) is 12.7. The number of hydrogen-bond acceptors (Lipinski definition) is 12. The number of rotatable bonds is 10. The monoisotopic (exact) mass is 597 g/mol. The van der Waals surface area contributed by atoms with Gasteiger partial charge in [-0.1, -0.05) is 23.5 Å². The predicted octanol–water partition coefficient (Wildman–Crippen LogP) is 2.36. The summed E-state index contributed by atoms with van der Waals surface area (Å²) in [6, 6.07) is 7.61. The molecule has 0 aliphatic carbocycles. The smallest absolute Gasteiger partial charge is 0.343 e. The summed E-state index contributed by atoms with van der Waals surface area (Å²) in [4.78, 5) is 54.0. The fourth-order valence-electron chi connectivity index (χ4n) is 4.31. The van der Waals surface area contributed by atoms with Crippen LogP contribution in [-0.4, -0.2) is 53.5 Å². The molecule has 0 amide bonds. The van der Waals surface area contributed by atoms with Gasteiger partial charge in [-0.2, -0.15) is 0 Å². The second-order valence-electron chi connectivity index (χ2n) is 8.81. The zero-order chi connectivity index (χ0) is 30.6. The lowest BCUT2D eigenvalue weighted by Gasteiger charge is -2.25. The van der Waals surface area contributed by atoms with E-state index in [1.807, 2.05) is 0 Å². The maximum Gasteiger partial charge on any atom is 0.343 e. The van der Waals surface area contributed by atoms with Crippen molar-refractivity contribution in [3.8, 4) is 17.2 Å². The molecule has 1 aliphatic rings. The molecule has 0 saturated heterocycles. The van der Waals surface area contributed by atoms with Crippen LogP contribution in [0.25, 0.3) is 6.08 Å². The Labute approximate surface area is 242 Å². The minimum absolute atomic E-state index is 0.0941. The van der Waals surface area contributed by atoms with Gasteiger partial charge in [0.1, 0.15) is 0 Å². The molecule has 13 nitrogen and oxygen atoms in total. The van der Waals surface area contributed by atoms with Crippen molar-refractivity contribution in [1.82, 2.24) is 4.57 Å². The van der Waals surface area contributed by atoms with Gasteiger partial charge in [-0.3, -0.25) is 19.5 Å². The minimum atomic E-state index is -0.967. The highest BCUT2D eigenvalue weighted by Gasteiger charge is 2.34. The van der Waals surface area contributed by atoms with Gasteiger partial charge in [0.05, 0.1) is 47.1 Å². The number of phenols is 1. The van der Waals surface area contributed by atoms with Crippen LogP contribution in [0, 0.1) is 10.1 Å². The van der Waals surface area contributed by atoms with Crippen molar-refractivity contribution < 1.29 is 38.6 Å². The zero-order valence-electron chi connectivity index (χ0n) is 23.1. The number of nitro benzene ring substituents is 1. The van der Waals surface area contributed by atoms with Crippen LogP contribution < -0.4 is 24.4 Å².